The first-order chi connectivity index (χ1) is 11.5. The molecule has 0 bridgehead atoms. The van der Waals surface area contributed by atoms with Crippen LogP contribution in [0.2, 0.25) is 0 Å². The molecule has 0 radical (unpaired) electrons. The Kier molecular flexibility index (Phi) is 6.36. The van der Waals surface area contributed by atoms with Crippen molar-refractivity contribution in [1.29, 1.82) is 0 Å². The number of nitrogens with one attached hydrogen (secondary N) is 2. The van der Waals surface area contributed by atoms with Crippen molar-refractivity contribution in [1.82, 2.24) is 10.2 Å². The first-order valence-electron chi connectivity index (χ1n) is 7.79. The fraction of sp³-hybridized carbons (Fsp3) is 0.375. The average Bonchev–Trinajstić information content (AvgIpc) is 2.60. The molecular weight excluding hydrogens is 328 g/mol. The summed E-state index contributed by atoms with van der Waals surface area (Å²) < 4.78 is 32.0. The molecule has 0 aliphatic rings. The Morgan fingerprint density at radius 3 is 2.25 bits per heavy atom. The number of sulfonamides is 1. The Hall–Kier alpha value is -2.35. The number of unbranched alkanes of at least 4 members (excludes halogenated alkanes) is 2. The van der Waals surface area contributed by atoms with E-state index in [2.05, 4.69) is 27.2 Å². The van der Waals surface area contributed by atoms with Crippen molar-refractivity contribution in [2.45, 2.75) is 31.1 Å². The smallest absolute Gasteiger partial charge is 0.263 e. The summed E-state index contributed by atoms with van der Waals surface area (Å²) in [6, 6.07) is 9.39. The van der Waals surface area contributed by atoms with Crippen LogP contribution in [0.15, 0.2) is 41.3 Å². The van der Waals surface area contributed by atoms with Gasteiger partial charge in [0.05, 0.1) is 12.0 Å². The maximum absolute atomic E-state index is 12.3. The highest BCUT2D eigenvalue weighted by molar-refractivity contribution is 7.92. The summed E-state index contributed by atoms with van der Waals surface area (Å²) in [4.78, 5) is 0.131. The third-order valence-electron chi connectivity index (χ3n) is 3.36. The Morgan fingerprint density at radius 2 is 1.67 bits per heavy atom. The topological polar surface area (TPSA) is 93.2 Å². The standard InChI is InChI=1S/C16H22N4O3S/c1-3-4-5-12-17-15-10-11-16(19-18-15)20-24(21,22)14-8-6-13(23-2)7-9-14/h6-11H,3-5,12H2,1-2H3,(H,17,18)(H,19,20). The van der Waals surface area contributed by atoms with Crippen LogP contribution >= 0.6 is 0 Å². The number of anilines is 2. The van der Waals surface area contributed by atoms with Crippen LogP contribution in [0.5, 0.6) is 5.75 Å². The Labute approximate surface area is 142 Å². The first-order valence-corrected chi connectivity index (χ1v) is 9.28. The molecule has 0 spiro atoms. The zero-order chi connectivity index (χ0) is 17.4. The van der Waals surface area contributed by atoms with Gasteiger partial charge in [-0.2, -0.15) is 0 Å². The van der Waals surface area contributed by atoms with Gasteiger partial charge < -0.3 is 10.1 Å². The van der Waals surface area contributed by atoms with E-state index in [1.807, 2.05) is 0 Å². The summed E-state index contributed by atoms with van der Waals surface area (Å²) in [5.74, 6) is 1.38. The fourth-order valence-corrected chi connectivity index (χ4v) is 3.02. The number of methoxy groups -OCH3 is 1. The van der Waals surface area contributed by atoms with Gasteiger partial charge in [-0.25, -0.2) is 8.42 Å². The molecule has 1 heterocycles. The summed E-state index contributed by atoms with van der Waals surface area (Å²) in [7, 11) is -2.18. The van der Waals surface area contributed by atoms with E-state index in [4.69, 9.17) is 4.74 Å². The average molecular weight is 350 g/mol. The van der Waals surface area contributed by atoms with Crippen LogP contribution in [-0.2, 0) is 10.0 Å². The second-order valence-electron chi connectivity index (χ2n) is 5.22. The highest BCUT2D eigenvalue weighted by Crippen LogP contribution is 2.18. The van der Waals surface area contributed by atoms with E-state index < -0.39 is 10.0 Å². The second-order valence-corrected chi connectivity index (χ2v) is 6.90. The lowest BCUT2D eigenvalue weighted by Gasteiger charge is -2.08. The van der Waals surface area contributed by atoms with Crippen molar-refractivity contribution in [2.75, 3.05) is 23.7 Å². The maximum atomic E-state index is 12.3. The van der Waals surface area contributed by atoms with E-state index in [1.165, 1.54) is 19.2 Å². The molecule has 8 heteroatoms. The molecule has 0 saturated carbocycles. The molecule has 2 aromatic rings. The van der Waals surface area contributed by atoms with Gasteiger partial charge in [0, 0.05) is 6.54 Å². The zero-order valence-electron chi connectivity index (χ0n) is 13.8. The molecule has 0 amide bonds. The molecule has 0 unspecified atom stereocenters. The van der Waals surface area contributed by atoms with E-state index in [0.29, 0.717) is 11.6 Å². The monoisotopic (exact) mass is 350 g/mol. The molecule has 0 aliphatic heterocycles. The lowest BCUT2D eigenvalue weighted by Crippen LogP contribution is -2.14. The second kappa shape index (κ2) is 8.49. The molecular formula is C16H22N4O3S. The minimum atomic E-state index is -3.70. The minimum Gasteiger partial charge on any atom is -0.497 e. The maximum Gasteiger partial charge on any atom is 0.263 e. The Morgan fingerprint density at radius 1 is 1.00 bits per heavy atom. The number of rotatable bonds is 9. The number of ether oxygens (including phenoxy) is 1. The molecule has 0 aliphatic carbocycles. The van der Waals surface area contributed by atoms with Gasteiger partial charge in [0.15, 0.2) is 5.82 Å². The van der Waals surface area contributed by atoms with Crippen LogP contribution in [0.25, 0.3) is 0 Å². The van der Waals surface area contributed by atoms with Gasteiger partial charge in [-0.1, -0.05) is 19.8 Å². The van der Waals surface area contributed by atoms with Crippen LogP contribution < -0.4 is 14.8 Å². The van der Waals surface area contributed by atoms with Gasteiger partial charge in [0.25, 0.3) is 10.0 Å². The van der Waals surface area contributed by atoms with E-state index in [9.17, 15) is 8.42 Å². The molecule has 0 saturated heterocycles. The SMILES string of the molecule is CCCCCNc1ccc(NS(=O)(=O)c2ccc(OC)cc2)nn1. The van der Waals surface area contributed by atoms with Crippen LogP contribution in [-0.4, -0.2) is 32.3 Å². The number of nitrogens with zero attached hydrogens (tertiary/aromatic N) is 2. The molecule has 0 atom stereocenters. The molecule has 0 fully saturated rings. The van der Waals surface area contributed by atoms with Crippen LogP contribution in [0, 0.1) is 0 Å². The third kappa shape index (κ3) is 5.09. The Balaban J connectivity index is 1.98. The van der Waals surface area contributed by atoms with Crippen LogP contribution in [0.4, 0.5) is 11.6 Å². The Bertz CT molecular complexity index is 731. The molecule has 2 rings (SSSR count). The molecule has 7 nitrogen and oxygen atoms in total. The first kappa shape index (κ1) is 18.0. The van der Waals surface area contributed by atoms with E-state index in [0.717, 1.165) is 25.8 Å². The molecule has 130 valence electrons. The normalized spacial score (nSPS) is 11.1. The van der Waals surface area contributed by atoms with Gasteiger partial charge in [0.1, 0.15) is 11.6 Å². The highest BCUT2D eigenvalue weighted by Gasteiger charge is 2.15. The van der Waals surface area contributed by atoms with E-state index >= 15 is 0 Å². The van der Waals surface area contributed by atoms with Crippen molar-refractivity contribution in [3.05, 3.63) is 36.4 Å². The zero-order valence-corrected chi connectivity index (χ0v) is 14.6. The fourth-order valence-electron chi connectivity index (χ4n) is 2.02. The van der Waals surface area contributed by atoms with Gasteiger partial charge in [-0.3, -0.25) is 4.72 Å². The van der Waals surface area contributed by atoms with Crippen molar-refractivity contribution < 1.29 is 13.2 Å². The predicted octanol–water partition coefficient (Wildman–Crippen LogP) is 2.89. The highest BCUT2D eigenvalue weighted by atomic mass is 32.2. The number of aromatic nitrogens is 2. The van der Waals surface area contributed by atoms with Crippen molar-refractivity contribution in [3.8, 4) is 5.75 Å². The minimum absolute atomic E-state index is 0.131. The van der Waals surface area contributed by atoms with Crippen molar-refractivity contribution in [2.24, 2.45) is 0 Å². The number of hydrogen-bond acceptors (Lipinski definition) is 6. The summed E-state index contributed by atoms with van der Waals surface area (Å²) in [5, 5.41) is 11.0. The third-order valence-corrected chi connectivity index (χ3v) is 4.73. The van der Waals surface area contributed by atoms with Crippen LogP contribution in [0.3, 0.4) is 0 Å². The molecule has 1 aromatic carbocycles. The quantitative estimate of drug-likeness (QED) is 0.676. The van der Waals surface area contributed by atoms with Crippen molar-refractivity contribution in [3.63, 3.8) is 0 Å². The van der Waals surface area contributed by atoms with Gasteiger partial charge in [-0.05, 0) is 42.8 Å². The lowest BCUT2D eigenvalue weighted by molar-refractivity contribution is 0.414. The van der Waals surface area contributed by atoms with Gasteiger partial charge >= 0.3 is 0 Å². The number of hydrogen-bond donors (Lipinski definition) is 2. The summed E-state index contributed by atoms with van der Waals surface area (Å²) >= 11 is 0. The summed E-state index contributed by atoms with van der Waals surface area (Å²) in [6.45, 7) is 2.96. The predicted molar refractivity (Wildman–Crippen MR) is 93.8 cm³/mol. The summed E-state index contributed by atoms with van der Waals surface area (Å²) in [6.07, 6.45) is 3.36. The largest absolute Gasteiger partial charge is 0.497 e. The molecule has 24 heavy (non-hydrogen) atoms. The lowest BCUT2D eigenvalue weighted by atomic mass is 10.2. The summed E-state index contributed by atoms with van der Waals surface area (Å²) in [5.41, 5.74) is 0. The van der Waals surface area contributed by atoms with Crippen LogP contribution in [0.1, 0.15) is 26.2 Å². The van der Waals surface area contributed by atoms with E-state index in [1.54, 1.807) is 24.3 Å². The molecule has 1 aromatic heterocycles. The molecule has 2 N–H and O–H groups in total. The number of benzene rings is 1. The van der Waals surface area contributed by atoms with Crippen molar-refractivity contribution >= 4 is 21.7 Å². The van der Waals surface area contributed by atoms with E-state index in [-0.39, 0.29) is 10.7 Å². The van der Waals surface area contributed by atoms with Gasteiger partial charge in [-0.15, -0.1) is 10.2 Å². The van der Waals surface area contributed by atoms with Gasteiger partial charge in [0.2, 0.25) is 0 Å².